The topological polar surface area (TPSA) is 97.5 Å². The summed E-state index contributed by atoms with van der Waals surface area (Å²) in [6.07, 6.45) is 7.84. The monoisotopic (exact) mass is 456 g/mol. The molecule has 1 aliphatic carbocycles. The third-order valence-electron chi connectivity index (χ3n) is 6.65. The molecule has 1 saturated heterocycles. The predicted octanol–water partition coefficient (Wildman–Crippen LogP) is 4.39. The van der Waals surface area contributed by atoms with Gasteiger partial charge in [0, 0.05) is 55.6 Å². The van der Waals surface area contributed by atoms with Crippen molar-refractivity contribution in [3.05, 3.63) is 35.5 Å². The molecule has 0 spiro atoms. The zero-order valence-corrected chi connectivity index (χ0v) is 19.3. The molecule has 0 aromatic carbocycles. The van der Waals surface area contributed by atoms with Crippen molar-refractivity contribution in [2.45, 2.75) is 50.6 Å². The molecule has 0 atom stereocenters. The number of nitrogens with one attached hydrogen (secondary N) is 2. The lowest BCUT2D eigenvalue weighted by molar-refractivity contribution is 0.0256. The summed E-state index contributed by atoms with van der Waals surface area (Å²) in [4.78, 5) is 13.5. The van der Waals surface area contributed by atoms with E-state index in [1.165, 1.54) is 0 Å². The van der Waals surface area contributed by atoms with Crippen LogP contribution in [0, 0.1) is 5.41 Å². The quantitative estimate of drug-likeness (QED) is 0.510. The smallest absolute Gasteiger partial charge is 0.126 e. The number of pyridine rings is 2. The number of aromatic nitrogens is 2. The van der Waals surface area contributed by atoms with E-state index in [9.17, 15) is 0 Å². The first-order chi connectivity index (χ1) is 15.6. The molecule has 0 amide bonds. The fourth-order valence-electron chi connectivity index (χ4n) is 4.58. The van der Waals surface area contributed by atoms with Gasteiger partial charge in [-0.1, -0.05) is 17.7 Å². The molecule has 3 heterocycles. The summed E-state index contributed by atoms with van der Waals surface area (Å²) in [5.41, 5.74) is 7.78. The maximum Gasteiger partial charge on any atom is 0.126 e. The summed E-state index contributed by atoms with van der Waals surface area (Å²) in [6.45, 7) is 6.74. The van der Waals surface area contributed by atoms with Crippen LogP contribution in [-0.2, 0) is 4.74 Å². The number of halogens is 1. The Morgan fingerprint density at radius 2 is 1.97 bits per heavy atom. The average molecular weight is 457 g/mol. The van der Waals surface area contributed by atoms with E-state index in [0.717, 1.165) is 87.7 Å². The van der Waals surface area contributed by atoms with Gasteiger partial charge in [0.15, 0.2) is 0 Å². The Morgan fingerprint density at radius 1 is 1.19 bits per heavy atom. The zero-order chi connectivity index (χ0) is 22.4. The van der Waals surface area contributed by atoms with Gasteiger partial charge in [-0.2, -0.15) is 0 Å². The number of nitrogens with zero attached hydrogens (tertiary/aromatic N) is 3. The molecule has 0 unspecified atom stereocenters. The Hall–Kier alpha value is -2.22. The molecule has 4 N–H and O–H groups in total. The van der Waals surface area contributed by atoms with Gasteiger partial charge < -0.3 is 26.1 Å². The second-order valence-electron chi connectivity index (χ2n) is 9.06. The Bertz CT molecular complexity index is 909. The Morgan fingerprint density at radius 3 is 2.72 bits per heavy atom. The van der Waals surface area contributed by atoms with Crippen LogP contribution in [0.4, 0.5) is 11.6 Å². The SMILES string of the molecule is C=NCC1(CNc2cccc(-c3cc(NC4CCC(N)CC4)ncc3Cl)n2)CCOCC1. The standard InChI is InChI=1S/C24H33ClN6O/c1-27-15-24(9-11-32-12-10-24)16-29-22-4-2-3-21(31-22)19-13-23(28-14-20(19)25)30-18-7-5-17(26)6-8-18/h2-4,13-14,17-18H,1,5-12,15-16,26H2,(H,28,30)(H,29,31). The van der Waals surface area contributed by atoms with E-state index in [1.54, 1.807) is 6.20 Å². The molecule has 0 radical (unpaired) electrons. The highest BCUT2D eigenvalue weighted by Gasteiger charge is 2.32. The Labute approximate surface area is 195 Å². The summed E-state index contributed by atoms with van der Waals surface area (Å²) in [5, 5.41) is 7.64. The van der Waals surface area contributed by atoms with Crippen molar-refractivity contribution in [3.8, 4) is 11.3 Å². The molecule has 4 rings (SSSR count). The van der Waals surface area contributed by atoms with Crippen LogP contribution in [0.2, 0.25) is 5.02 Å². The molecule has 2 fully saturated rings. The lowest BCUT2D eigenvalue weighted by Crippen LogP contribution is -2.38. The van der Waals surface area contributed by atoms with Gasteiger partial charge in [-0.3, -0.25) is 0 Å². The fourth-order valence-corrected chi connectivity index (χ4v) is 4.78. The van der Waals surface area contributed by atoms with E-state index in [1.807, 2.05) is 24.3 Å². The zero-order valence-electron chi connectivity index (χ0n) is 18.5. The van der Waals surface area contributed by atoms with Crippen LogP contribution in [0.25, 0.3) is 11.3 Å². The van der Waals surface area contributed by atoms with Crippen LogP contribution >= 0.6 is 11.6 Å². The molecule has 1 aliphatic heterocycles. The summed E-state index contributed by atoms with van der Waals surface area (Å²) in [6, 6.07) is 8.67. The third kappa shape index (κ3) is 5.77. The van der Waals surface area contributed by atoms with E-state index in [0.29, 0.717) is 17.1 Å². The number of rotatable bonds is 8. The van der Waals surface area contributed by atoms with Crippen LogP contribution < -0.4 is 16.4 Å². The van der Waals surface area contributed by atoms with Gasteiger partial charge in [0.05, 0.1) is 10.7 Å². The molecule has 8 heteroatoms. The molecular weight excluding hydrogens is 424 g/mol. The van der Waals surface area contributed by atoms with Gasteiger partial charge in [0.2, 0.25) is 0 Å². The lowest BCUT2D eigenvalue weighted by atomic mass is 9.80. The highest BCUT2D eigenvalue weighted by atomic mass is 35.5. The largest absolute Gasteiger partial charge is 0.381 e. The predicted molar refractivity (Wildman–Crippen MR) is 132 cm³/mol. The molecule has 1 saturated carbocycles. The van der Waals surface area contributed by atoms with Gasteiger partial charge in [-0.15, -0.1) is 0 Å². The number of ether oxygens (including phenoxy) is 1. The third-order valence-corrected chi connectivity index (χ3v) is 6.95. The van der Waals surface area contributed by atoms with Crippen LogP contribution in [0.3, 0.4) is 0 Å². The van der Waals surface area contributed by atoms with Crippen molar-refractivity contribution < 1.29 is 4.74 Å². The number of hydrogen-bond acceptors (Lipinski definition) is 7. The highest BCUT2D eigenvalue weighted by Crippen LogP contribution is 2.33. The fraction of sp³-hybridized carbons (Fsp3) is 0.542. The first-order valence-electron chi connectivity index (χ1n) is 11.5. The number of aliphatic imine (C=N–C) groups is 1. The van der Waals surface area contributed by atoms with Crippen LogP contribution in [0.5, 0.6) is 0 Å². The molecule has 7 nitrogen and oxygen atoms in total. The van der Waals surface area contributed by atoms with Gasteiger partial charge in [0.25, 0.3) is 0 Å². The minimum Gasteiger partial charge on any atom is -0.381 e. The summed E-state index contributed by atoms with van der Waals surface area (Å²) in [5.74, 6) is 1.64. The van der Waals surface area contributed by atoms with Crippen LogP contribution in [0.15, 0.2) is 35.5 Å². The van der Waals surface area contributed by atoms with Gasteiger partial charge in [-0.05, 0) is 63.4 Å². The number of anilines is 2. The molecular formula is C24H33ClN6O. The molecule has 2 aromatic heterocycles. The van der Waals surface area contributed by atoms with E-state index in [2.05, 4.69) is 27.3 Å². The summed E-state index contributed by atoms with van der Waals surface area (Å²) in [7, 11) is 0. The minimum absolute atomic E-state index is 0.0611. The van der Waals surface area contributed by atoms with Crippen molar-refractivity contribution >= 4 is 30.0 Å². The molecule has 0 bridgehead atoms. The van der Waals surface area contributed by atoms with Crippen molar-refractivity contribution in [3.63, 3.8) is 0 Å². The van der Waals surface area contributed by atoms with E-state index < -0.39 is 0 Å². The van der Waals surface area contributed by atoms with Gasteiger partial charge in [0.1, 0.15) is 11.6 Å². The molecule has 2 aromatic rings. The van der Waals surface area contributed by atoms with Crippen LogP contribution in [0.1, 0.15) is 38.5 Å². The summed E-state index contributed by atoms with van der Waals surface area (Å²) >= 11 is 6.51. The number of nitrogens with two attached hydrogens (primary N) is 1. The average Bonchev–Trinajstić information content (AvgIpc) is 2.82. The van der Waals surface area contributed by atoms with E-state index >= 15 is 0 Å². The van der Waals surface area contributed by atoms with Crippen molar-refractivity contribution in [1.29, 1.82) is 0 Å². The van der Waals surface area contributed by atoms with Gasteiger partial charge in [-0.25, -0.2) is 9.97 Å². The summed E-state index contributed by atoms with van der Waals surface area (Å²) < 4.78 is 5.55. The molecule has 172 valence electrons. The van der Waals surface area contributed by atoms with Crippen molar-refractivity contribution in [1.82, 2.24) is 9.97 Å². The number of hydrogen-bond donors (Lipinski definition) is 3. The highest BCUT2D eigenvalue weighted by molar-refractivity contribution is 6.33. The van der Waals surface area contributed by atoms with E-state index in [4.69, 9.17) is 27.1 Å². The van der Waals surface area contributed by atoms with Crippen molar-refractivity contribution in [2.75, 3.05) is 36.9 Å². The maximum absolute atomic E-state index is 6.51. The Kier molecular flexibility index (Phi) is 7.60. The molecule has 32 heavy (non-hydrogen) atoms. The first-order valence-corrected chi connectivity index (χ1v) is 11.8. The van der Waals surface area contributed by atoms with E-state index in [-0.39, 0.29) is 5.41 Å². The first kappa shape index (κ1) is 23.0. The minimum atomic E-state index is 0.0611. The maximum atomic E-state index is 6.51. The van der Waals surface area contributed by atoms with Crippen molar-refractivity contribution in [2.24, 2.45) is 16.1 Å². The molecule has 2 aliphatic rings. The Balaban J connectivity index is 1.47. The van der Waals surface area contributed by atoms with Gasteiger partial charge >= 0.3 is 0 Å². The van der Waals surface area contributed by atoms with Crippen LogP contribution in [-0.4, -0.2) is 55.1 Å². The lowest BCUT2D eigenvalue weighted by Gasteiger charge is -2.36. The second kappa shape index (κ2) is 10.6. The second-order valence-corrected chi connectivity index (χ2v) is 9.47. The normalized spacial score (nSPS) is 22.8.